The first kappa shape index (κ1) is 15.9. The number of hydrogen-bond acceptors (Lipinski definition) is 0. The number of rotatable bonds is 3. The van der Waals surface area contributed by atoms with E-state index < -0.39 is 0 Å². The summed E-state index contributed by atoms with van der Waals surface area (Å²) in [7, 11) is 0. The van der Waals surface area contributed by atoms with Gasteiger partial charge in [0, 0.05) is 16.7 Å². The zero-order valence-electron chi connectivity index (χ0n) is 11.5. The van der Waals surface area contributed by atoms with Crippen LogP contribution in [0.1, 0.15) is 16.7 Å². The highest BCUT2D eigenvalue weighted by atomic mass is 79.9. The second kappa shape index (κ2) is 6.97. The van der Waals surface area contributed by atoms with Crippen LogP contribution in [0.15, 0.2) is 91.0 Å². The Balaban J connectivity index is 0.00000161. The minimum absolute atomic E-state index is 0. The van der Waals surface area contributed by atoms with Gasteiger partial charge in [0.1, 0.15) is 0 Å². The van der Waals surface area contributed by atoms with Gasteiger partial charge in [0.05, 0.1) is 0 Å². The van der Waals surface area contributed by atoms with Gasteiger partial charge in [0.15, 0.2) is 4.75 Å². The molecule has 106 valence electrons. The van der Waals surface area contributed by atoms with Gasteiger partial charge in [-0.3, -0.25) is 0 Å². The maximum absolute atomic E-state index is 4.07. The molecule has 0 aliphatic heterocycles. The van der Waals surface area contributed by atoms with E-state index in [0.717, 1.165) is 0 Å². The van der Waals surface area contributed by atoms with Gasteiger partial charge in [-0.2, -0.15) is 0 Å². The van der Waals surface area contributed by atoms with Gasteiger partial charge < -0.3 is 17.0 Å². The van der Waals surface area contributed by atoms with Crippen LogP contribution in [0.2, 0.25) is 0 Å². The van der Waals surface area contributed by atoms with Gasteiger partial charge in [-0.15, -0.1) is 0 Å². The van der Waals surface area contributed by atoms with E-state index in [-0.39, 0.29) is 21.7 Å². The van der Waals surface area contributed by atoms with Crippen LogP contribution in [0.3, 0.4) is 0 Å². The van der Waals surface area contributed by atoms with E-state index in [1.165, 1.54) is 16.7 Å². The van der Waals surface area contributed by atoms with E-state index in [0.29, 0.717) is 0 Å². The molecule has 0 aliphatic rings. The molecule has 0 heterocycles. The zero-order valence-corrected chi connectivity index (χ0v) is 14.1. The molecule has 0 N–H and O–H groups in total. The lowest BCUT2D eigenvalue weighted by atomic mass is 9.84. The first-order valence-electron chi connectivity index (χ1n) is 6.73. The molecular weight excluding hydrogens is 340 g/mol. The molecule has 0 aromatic heterocycles. The normalized spacial score (nSPS) is 10.7. The molecule has 0 amide bonds. The average molecular weight is 357 g/mol. The third-order valence-electron chi connectivity index (χ3n) is 3.62. The van der Waals surface area contributed by atoms with E-state index in [9.17, 15) is 0 Å². The topological polar surface area (TPSA) is 0 Å². The Hall–Kier alpha value is -1.51. The van der Waals surface area contributed by atoms with E-state index in [2.05, 4.69) is 85.4 Å². The van der Waals surface area contributed by atoms with Crippen molar-refractivity contribution in [3.8, 4) is 0 Å². The molecule has 0 atom stereocenters. The number of halogens is 1. The summed E-state index contributed by atoms with van der Waals surface area (Å²) in [6.07, 6.45) is 0. The predicted molar refractivity (Wildman–Crippen MR) is 89.4 cm³/mol. The summed E-state index contributed by atoms with van der Waals surface area (Å²) in [6, 6.07) is 31.6. The van der Waals surface area contributed by atoms with Crippen molar-refractivity contribution in [2.75, 3.05) is 0 Å². The maximum Gasteiger partial charge on any atom is 0.198 e. The van der Waals surface area contributed by atoms with E-state index in [1.807, 2.05) is 18.2 Å². The maximum atomic E-state index is 4.07. The first-order chi connectivity index (χ1) is 9.82. The highest BCUT2D eigenvalue weighted by Gasteiger charge is 2.38. The highest BCUT2D eigenvalue weighted by molar-refractivity contribution is 7.60. The molecule has 0 unspecified atom stereocenters. The average Bonchev–Trinajstić information content (AvgIpc) is 2.56. The summed E-state index contributed by atoms with van der Waals surface area (Å²) in [5.41, 5.74) is 3.69. The predicted octanol–water partition coefficient (Wildman–Crippen LogP) is 0.994. The van der Waals surface area contributed by atoms with Gasteiger partial charge in [-0.25, -0.2) is 0 Å². The molecule has 3 aromatic rings. The molecule has 0 aliphatic carbocycles. The summed E-state index contributed by atoms with van der Waals surface area (Å²) >= 11 is 4.07. The molecular formula is C19H17BrS. The van der Waals surface area contributed by atoms with Gasteiger partial charge in [-0.05, 0) is 12.6 Å². The molecule has 0 bridgehead atoms. The Morgan fingerprint density at radius 1 is 0.476 bits per heavy atom. The van der Waals surface area contributed by atoms with Crippen LogP contribution < -0.4 is 17.0 Å². The second-order valence-electron chi connectivity index (χ2n) is 4.85. The fraction of sp³-hybridized carbons (Fsp3) is 0.0526. The third-order valence-corrected chi connectivity index (χ3v) is 4.49. The van der Waals surface area contributed by atoms with Crippen LogP contribution in [-0.4, -0.2) is 0 Å². The summed E-state index contributed by atoms with van der Waals surface area (Å²) in [6.45, 7) is 0. The molecule has 0 nitrogen and oxygen atoms in total. The third kappa shape index (κ3) is 3.07. The van der Waals surface area contributed by atoms with Crippen molar-refractivity contribution in [1.82, 2.24) is 0 Å². The van der Waals surface area contributed by atoms with Crippen LogP contribution in [0.4, 0.5) is 0 Å². The van der Waals surface area contributed by atoms with Gasteiger partial charge >= 0.3 is 0 Å². The molecule has 0 saturated heterocycles. The van der Waals surface area contributed by atoms with Crippen molar-refractivity contribution in [2.24, 2.45) is 0 Å². The molecule has 0 fully saturated rings. The van der Waals surface area contributed by atoms with E-state index >= 15 is 0 Å². The molecule has 21 heavy (non-hydrogen) atoms. The lowest BCUT2D eigenvalue weighted by Crippen LogP contribution is -3.00. The van der Waals surface area contributed by atoms with Crippen molar-refractivity contribution in [1.29, 1.82) is 0 Å². The molecule has 0 saturated carbocycles. The van der Waals surface area contributed by atoms with Crippen molar-refractivity contribution < 1.29 is 17.0 Å². The summed E-state index contributed by atoms with van der Waals surface area (Å²) < 4.78 is -0.316. The van der Waals surface area contributed by atoms with Gasteiger partial charge in [0.2, 0.25) is 0 Å². The molecule has 2 heteroatoms. The van der Waals surface area contributed by atoms with Crippen molar-refractivity contribution in [3.63, 3.8) is 0 Å². The van der Waals surface area contributed by atoms with Crippen molar-refractivity contribution in [2.45, 2.75) is 4.75 Å². The van der Waals surface area contributed by atoms with Crippen LogP contribution in [0.5, 0.6) is 0 Å². The monoisotopic (exact) mass is 356 g/mol. The second-order valence-corrected chi connectivity index (χ2v) is 5.60. The fourth-order valence-electron chi connectivity index (χ4n) is 2.56. The summed E-state index contributed by atoms with van der Waals surface area (Å²) in [5.74, 6) is 0. The highest BCUT2D eigenvalue weighted by Crippen LogP contribution is 2.37. The Bertz CT molecular complexity index is 569. The van der Waals surface area contributed by atoms with Crippen molar-refractivity contribution in [3.05, 3.63) is 108 Å². The van der Waals surface area contributed by atoms with Crippen LogP contribution >= 0.6 is 0 Å². The SMILES string of the molecule is [Br-].[SH2+]C(c1ccccc1)(c1ccccc1)c1ccccc1. The van der Waals surface area contributed by atoms with E-state index in [1.54, 1.807) is 0 Å². The Morgan fingerprint density at radius 2 is 0.714 bits per heavy atom. The van der Waals surface area contributed by atoms with Crippen molar-refractivity contribution >= 4 is 12.6 Å². The molecule has 3 aromatic carbocycles. The molecule has 3 rings (SSSR count). The minimum atomic E-state index is -0.316. The Labute approximate surface area is 142 Å². The zero-order chi connectivity index (χ0) is 13.8. The first-order valence-corrected chi connectivity index (χ1v) is 7.23. The molecule has 0 spiro atoms. The summed E-state index contributed by atoms with van der Waals surface area (Å²) in [5, 5.41) is 0. The van der Waals surface area contributed by atoms with Gasteiger partial charge in [0.25, 0.3) is 0 Å². The quantitative estimate of drug-likeness (QED) is 0.485. The lowest BCUT2D eigenvalue weighted by Gasteiger charge is -2.24. The Morgan fingerprint density at radius 3 is 0.952 bits per heavy atom. The minimum Gasteiger partial charge on any atom is -1.00 e. The van der Waals surface area contributed by atoms with Crippen LogP contribution in [-0.2, 0) is 17.4 Å². The summed E-state index contributed by atoms with van der Waals surface area (Å²) in [4.78, 5) is 0. The Kier molecular flexibility index (Phi) is 5.27. The van der Waals surface area contributed by atoms with E-state index in [4.69, 9.17) is 0 Å². The van der Waals surface area contributed by atoms with Crippen LogP contribution in [0, 0.1) is 0 Å². The van der Waals surface area contributed by atoms with Gasteiger partial charge in [-0.1, -0.05) is 91.0 Å². The number of hydrogen-bond donors (Lipinski definition) is 0. The van der Waals surface area contributed by atoms with Crippen LogP contribution in [0.25, 0.3) is 0 Å². The smallest absolute Gasteiger partial charge is 0.198 e. The molecule has 0 radical (unpaired) electrons. The number of benzene rings is 3. The largest absolute Gasteiger partial charge is 1.00 e. The standard InChI is InChI=1S/C19H16S.BrH/c20-19(16-10-4-1-5-11-16,17-12-6-2-7-13-17)18-14-8-3-9-15-18;/h1-15,20H;1H. The fourth-order valence-corrected chi connectivity index (χ4v) is 3.06. The lowest BCUT2D eigenvalue weighted by molar-refractivity contribution is -0.00000378.